The molecule has 2 rings (SSSR count). The van der Waals surface area contributed by atoms with Crippen LogP contribution < -0.4 is 11.0 Å². The molecular weight excluding hydrogens is 358 g/mol. The molecule has 10 heteroatoms. The first kappa shape index (κ1) is 20.6. The Morgan fingerprint density at radius 2 is 2.15 bits per heavy atom. The van der Waals surface area contributed by atoms with E-state index in [9.17, 15) is 24.6 Å². The number of anilines is 1. The van der Waals surface area contributed by atoms with Crippen molar-refractivity contribution in [2.45, 2.75) is 51.2 Å². The van der Waals surface area contributed by atoms with Crippen molar-refractivity contribution in [2.75, 3.05) is 11.9 Å². The molecule has 0 radical (unpaired) electrons. The predicted molar refractivity (Wildman–Crippen MR) is 92.9 cm³/mol. The van der Waals surface area contributed by atoms with Crippen LogP contribution in [0.3, 0.4) is 0 Å². The number of Topliss-reactive ketones (excluding diaryl/α,β-unsaturated/α-hetero) is 1. The zero-order valence-electron chi connectivity index (χ0n) is 14.9. The average Bonchev–Trinajstić information content (AvgIpc) is 2.86. The largest absolute Gasteiger partial charge is 0.449 e. The van der Waals surface area contributed by atoms with Gasteiger partial charge in [-0.2, -0.15) is 4.98 Å². The number of ether oxygens (including phenoxy) is 2. The highest BCUT2D eigenvalue weighted by Crippen LogP contribution is 2.28. The fourth-order valence-corrected chi connectivity index (χ4v) is 2.53. The lowest BCUT2D eigenvalue weighted by atomic mass is 10.1. The summed E-state index contributed by atoms with van der Waals surface area (Å²) in [6.45, 7) is 3.00. The van der Waals surface area contributed by atoms with Gasteiger partial charge in [-0.3, -0.25) is 9.88 Å². The Kier molecular flexibility index (Phi) is 6.68. The molecule has 0 saturated carbocycles. The van der Waals surface area contributed by atoms with Crippen molar-refractivity contribution in [3.05, 3.63) is 22.2 Å². The number of aromatic nitrogens is 2. The van der Waals surface area contributed by atoms with E-state index in [0.29, 0.717) is 6.42 Å². The molecule has 1 aliphatic heterocycles. The summed E-state index contributed by atoms with van der Waals surface area (Å²) < 4.78 is 11.2. The van der Waals surface area contributed by atoms with Gasteiger partial charge in [0.15, 0.2) is 12.0 Å². The summed E-state index contributed by atoms with van der Waals surface area (Å²) in [4.78, 5) is 38.6. The van der Waals surface area contributed by atoms with Gasteiger partial charge in [0.1, 0.15) is 18.0 Å². The zero-order chi connectivity index (χ0) is 20.1. The van der Waals surface area contributed by atoms with Crippen LogP contribution in [0.25, 0.3) is 0 Å². The number of hydrogen-bond acceptors (Lipinski definition) is 8. The SMILES string of the molecule is C#Cc1cn([C@@H]2O[C@H](C)[C@@H](O)[C@H]2O)c(=O)nc1NC(=O)OCCCC(C)=O. The minimum atomic E-state index is -1.34. The second-order valence-corrected chi connectivity index (χ2v) is 6.12. The lowest BCUT2D eigenvalue weighted by Crippen LogP contribution is -2.36. The summed E-state index contributed by atoms with van der Waals surface area (Å²) in [5, 5.41) is 22.1. The molecule has 2 heterocycles. The number of aliphatic hydroxyl groups is 2. The molecule has 1 amide bonds. The van der Waals surface area contributed by atoms with Crippen LogP contribution in [0.4, 0.5) is 10.6 Å². The van der Waals surface area contributed by atoms with Crippen molar-refractivity contribution < 1.29 is 29.3 Å². The van der Waals surface area contributed by atoms with Crippen molar-refractivity contribution in [3.63, 3.8) is 0 Å². The highest BCUT2D eigenvalue weighted by atomic mass is 16.6. The topological polar surface area (TPSA) is 140 Å². The Hall–Kier alpha value is -2.74. The quantitative estimate of drug-likeness (QED) is 0.455. The summed E-state index contributed by atoms with van der Waals surface area (Å²) in [6, 6.07) is 0. The monoisotopic (exact) mass is 379 g/mol. The smallest absolute Gasteiger partial charge is 0.412 e. The van der Waals surface area contributed by atoms with E-state index < -0.39 is 36.3 Å². The molecule has 27 heavy (non-hydrogen) atoms. The van der Waals surface area contributed by atoms with Gasteiger partial charge in [-0.1, -0.05) is 5.92 Å². The van der Waals surface area contributed by atoms with Gasteiger partial charge in [-0.05, 0) is 20.3 Å². The van der Waals surface area contributed by atoms with Crippen molar-refractivity contribution in [2.24, 2.45) is 0 Å². The number of terminal acetylenes is 1. The second-order valence-electron chi connectivity index (χ2n) is 6.12. The Bertz CT molecular complexity index is 814. The first-order chi connectivity index (χ1) is 12.7. The lowest BCUT2D eigenvalue weighted by molar-refractivity contribution is -0.117. The van der Waals surface area contributed by atoms with Crippen LogP contribution >= 0.6 is 0 Å². The van der Waals surface area contributed by atoms with Crippen LogP contribution in [-0.4, -0.2) is 56.6 Å². The minimum Gasteiger partial charge on any atom is -0.449 e. The highest BCUT2D eigenvalue weighted by molar-refractivity contribution is 5.85. The molecule has 1 aromatic heterocycles. The molecule has 3 N–H and O–H groups in total. The third-order valence-electron chi connectivity index (χ3n) is 3.99. The normalized spacial score (nSPS) is 24.3. The van der Waals surface area contributed by atoms with Crippen LogP contribution in [0.15, 0.2) is 11.0 Å². The number of carbonyl (C=O) groups is 2. The van der Waals surface area contributed by atoms with Crippen LogP contribution in [0.1, 0.15) is 38.5 Å². The van der Waals surface area contributed by atoms with E-state index in [1.54, 1.807) is 6.92 Å². The minimum absolute atomic E-state index is 0.0188. The molecule has 146 valence electrons. The van der Waals surface area contributed by atoms with E-state index >= 15 is 0 Å². The van der Waals surface area contributed by atoms with E-state index in [2.05, 4.69) is 16.2 Å². The van der Waals surface area contributed by atoms with Gasteiger partial charge in [-0.25, -0.2) is 9.59 Å². The van der Waals surface area contributed by atoms with Crippen LogP contribution in [0, 0.1) is 12.3 Å². The number of nitrogens with zero attached hydrogens (tertiary/aromatic N) is 2. The molecule has 0 bridgehead atoms. The third-order valence-corrected chi connectivity index (χ3v) is 3.99. The number of nitrogens with one attached hydrogen (secondary N) is 1. The van der Waals surface area contributed by atoms with E-state index in [-0.39, 0.29) is 30.2 Å². The first-order valence-corrected chi connectivity index (χ1v) is 8.29. The zero-order valence-corrected chi connectivity index (χ0v) is 14.9. The lowest BCUT2D eigenvalue weighted by Gasteiger charge is -2.18. The molecular formula is C17H21N3O7. The molecule has 1 saturated heterocycles. The number of carbonyl (C=O) groups excluding carboxylic acids is 2. The van der Waals surface area contributed by atoms with Crippen molar-refractivity contribution in [3.8, 4) is 12.3 Å². The van der Waals surface area contributed by atoms with Crippen LogP contribution in [0.5, 0.6) is 0 Å². The van der Waals surface area contributed by atoms with Gasteiger partial charge >= 0.3 is 11.8 Å². The number of rotatable bonds is 6. The number of ketones is 1. The highest BCUT2D eigenvalue weighted by Gasteiger charge is 2.42. The predicted octanol–water partition coefficient (Wildman–Crippen LogP) is -0.219. The summed E-state index contributed by atoms with van der Waals surface area (Å²) in [6.07, 6.45) is 2.03. The van der Waals surface area contributed by atoms with E-state index in [1.165, 1.54) is 13.1 Å². The maximum Gasteiger partial charge on any atom is 0.412 e. The van der Waals surface area contributed by atoms with Crippen molar-refractivity contribution in [1.29, 1.82) is 0 Å². The van der Waals surface area contributed by atoms with Crippen molar-refractivity contribution >= 4 is 17.7 Å². The second kappa shape index (κ2) is 8.77. The van der Waals surface area contributed by atoms with E-state index in [0.717, 1.165) is 4.57 Å². The standard InChI is InChI=1S/C17H21N3O7/c1-4-11-8-20(15-13(23)12(22)10(3)27-15)16(24)18-14(11)19-17(25)26-7-5-6-9(2)21/h1,8,10,12-13,15,22-23H,5-7H2,2-3H3,(H,18,19,24,25)/t10-,12-,13-,15-/m1/s1. The van der Waals surface area contributed by atoms with Gasteiger partial charge in [-0.15, -0.1) is 6.42 Å². The molecule has 0 aromatic carbocycles. The van der Waals surface area contributed by atoms with Gasteiger partial charge in [0.2, 0.25) is 0 Å². The molecule has 0 spiro atoms. The summed E-state index contributed by atoms with van der Waals surface area (Å²) in [5.41, 5.74) is -0.786. The molecule has 0 aliphatic carbocycles. The van der Waals surface area contributed by atoms with Gasteiger partial charge in [0.25, 0.3) is 0 Å². The Labute approximate surface area is 155 Å². The Balaban J connectivity index is 2.12. The van der Waals surface area contributed by atoms with Crippen LogP contribution in [0.2, 0.25) is 0 Å². The summed E-state index contributed by atoms with van der Waals surface area (Å²) in [5.74, 6) is 2.07. The molecule has 1 fully saturated rings. The maximum absolute atomic E-state index is 12.3. The Morgan fingerprint density at radius 3 is 2.70 bits per heavy atom. The maximum atomic E-state index is 12.3. The fourth-order valence-electron chi connectivity index (χ4n) is 2.53. The number of amides is 1. The number of hydrogen-bond donors (Lipinski definition) is 3. The molecule has 0 unspecified atom stereocenters. The van der Waals surface area contributed by atoms with Crippen LogP contribution in [-0.2, 0) is 14.3 Å². The molecule has 1 aromatic rings. The Morgan fingerprint density at radius 1 is 1.44 bits per heavy atom. The average molecular weight is 379 g/mol. The molecule has 1 aliphatic rings. The summed E-state index contributed by atoms with van der Waals surface area (Å²) in [7, 11) is 0. The third kappa shape index (κ3) is 4.91. The van der Waals surface area contributed by atoms with E-state index in [4.69, 9.17) is 15.9 Å². The molecule has 4 atom stereocenters. The van der Waals surface area contributed by atoms with Crippen molar-refractivity contribution in [1.82, 2.24) is 9.55 Å². The van der Waals surface area contributed by atoms with Gasteiger partial charge < -0.3 is 24.5 Å². The number of aliphatic hydroxyl groups excluding tert-OH is 2. The van der Waals surface area contributed by atoms with Gasteiger partial charge in [0, 0.05) is 12.6 Å². The van der Waals surface area contributed by atoms with E-state index in [1.807, 2.05) is 0 Å². The summed E-state index contributed by atoms with van der Waals surface area (Å²) >= 11 is 0. The molecule has 10 nitrogen and oxygen atoms in total. The fraction of sp³-hybridized carbons (Fsp3) is 0.529. The first-order valence-electron chi connectivity index (χ1n) is 8.29. The van der Waals surface area contributed by atoms with Gasteiger partial charge in [0.05, 0.1) is 18.3 Å².